The Morgan fingerprint density at radius 1 is 1.45 bits per heavy atom. The Balaban J connectivity index is 2.05. The maximum Gasteiger partial charge on any atom is 0.223 e. The van der Waals surface area contributed by atoms with Crippen LogP contribution in [0.15, 0.2) is 33.8 Å². The van der Waals surface area contributed by atoms with Crippen LogP contribution in [0.25, 0.3) is 0 Å². The van der Waals surface area contributed by atoms with Gasteiger partial charge in [0.2, 0.25) is 5.89 Å². The molecule has 0 aliphatic rings. The van der Waals surface area contributed by atoms with Crippen molar-refractivity contribution in [2.75, 3.05) is 13.6 Å². The van der Waals surface area contributed by atoms with Gasteiger partial charge in [0.05, 0.1) is 0 Å². The monoisotopic (exact) mass is 321 g/mol. The molecule has 0 bridgehead atoms. The van der Waals surface area contributed by atoms with Gasteiger partial charge in [0, 0.05) is 32.1 Å². The Morgan fingerprint density at radius 2 is 2.27 bits per heavy atom. The number of halogens is 1. The van der Waals surface area contributed by atoms with Gasteiger partial charge in [-0.15, -0.1) is 0 Å². The Hall–Kier alpha value is -2.08. The molecule has 0 aliphatic carbocycles. The van der Waals surface area contributed by atoms with Crippen molar-refractivity contribution in [2.24, 2.45) is 4.99 Å². The predicted octanol–water partition coefficient (Wildman–Crippen LogP) is 2.63. The second kappa shape index (κ2) is 7.79. The zero-order valence-corrected chi connectivity index (χ0v) is 13.8. The fourth-order valence-electron chi connectivity index (χ4n) is 2.00. The van der Waals surface area contributed by atoms with Crippen LogP contribution in [0.3, 0.4) is 0 Å². The normalized spacial score (nSPS) is 11.5. The molecule has 2 rings (SSSR count). The van der Waals surface area contributed by atoms with Gasteiger partial charge in [0.1, 0.15) is 6.54 Å². The lowest BCUT2D eigenvalue weighted by Crippen LogP contribution is -2.38. The third-order valence-corrected chi connectivity index (χ3v) is 3.18. The molecule has 1 N–H and O–H groups in total. The zero-order valence-electron chi connectivity index (χ0n) is 13.0. The molecule has 0 aliphatic heterocycles. The molecule has 0 atom stereocenters. The van der Waals surface area contributed by atoms with Crippen molar-refractivity contribution < 1.29 is 4.52 Å². The van der Waals surface area contributed by atoms with Gasteiger partial charge in [-0.1, -0.05) is 28.9 Å². The van der Waals surface area contributed by atoms with E-state index in [2.05, 4.69) is 20.4 Å². The van der Waals surface area contributed by atoms with E-state index in [1.54, 1.807) is 6.92 Å². The number of hydrogen-bond donors (Lipinski definition) is 1. The summed E-state index contributed by atoms with van der Waals surface area (Å²) in [5.74, 6) is 1.90. The van der Waals surface area contributed by atoms with Crippen LogP contribution in [0.2, 0.25) is 5.02 Å². The number of nitrogens with zero attached hydrogens (tertiary/aromatic N) is 4. The molecular weight excluding hydrogens is 302 g/mol. The molecule has 0 fully saturated rings. The standard InChI is InChI=1S/C15H20ClN5O/c1-4-17-15(18-9-14-19-11(2)22-20-14)21(3)10-12-6-5-7-13(16)8-12/h5-8H,4,9-10H2,1-3H3,(H,17,18). The highest BCUT2D eigenvalue weighted by atomic mass is 35.5. The number of aliphatic imine (C=N–C) groups is 1. The molecule has 6 nitrogen and oxygen atoms in total. The Labute approximate surface area is 135 Å². The fraction of sp³-hybridized carbons (Fsp3) is 0.400. The summed E-state index contributed by atoms with van der Waals surface area (Å²) in [5, 5.41) is 7.83. The van der Waals surface area contributed by atoms with Crippen LogP contribution in [0.4, 0.5) is 0 Å². The molecule has 1 heterocycles. The van der Waals surface area contributed by atoms with Gasteiger partial charge >= 0.3 is 0 Å². The first-order chi connectivity index (χ1) is 10.6. The topological polar surface area (TPSA) is 66.5 Å². The molecule has 0 spiro atoms. The molecular formula is C15H20ClN5O. The highest BCUT2D eigenvalue weighted by Gasteiger charge is 2.08. The zero-order chi connectivity index (χ0) is 15.9. The third kappa shape index (κ3) is 4.73. The van der Waals surface area contributed by atoms with Crippen LogP contribution < -0.4 is 5.32 Å². The highest BCUT2D eigenvalue weighted by molar-refractivity contribution is 6.30. The number of benzene rings is 1. The first-order valence-corrected chi connectivity index (χ1v) is 7.49. The minimum Gasteiger partial charge on any atom is -0.357 e. The Bertz CT molecular complexity index is 640. The van der Waals surface area contributed by atoms with Crippen LogP contribution in [0.1, 0.15) is 24.2 Å². The quantitative estimate of drug-likeness (QED) is 0.677. The smallest absolute Gasteiger partial charge is 0.223 e. The summed E-state index contributed by atoms with van der Waals surface area (Å²) >= 11 is 6.02. The van der Waals surface area contributed by atoms with Crippen LogP contribution in [-0.2, 0) is 13.1 Å². The second-order valence-electron chi connectivity index (χ2n) is 4.89. The van der Waals surface area contributed by atoms with Crippen LogP contribution in [0, 0.1) is 6.92 Å². The maximum absolute atomic E-state index is 6.02. The molecule has 0 saturated heterocycles. The van der Waals surface area contributed by atoms with Gasteiger partial charge in [-0.3, -0.25) is 0 Å². The van der Waals surface area contributed by atoms with Crippen molar-refractivity contribution in [3.05, 3.63) is 46.6 Å². The van der Waals surface area contributed by atoms with E-state index in [9.17, 15) is 0 Å². The van der Waals surface area contributed by atoms with Gasteiger partial charge in [-0.2, -0.15) is 4.98 Å². The second-order valence-corrected chi connectivity index (χ2v) is 5.32. The van der Waals surface area contributed by atoms with Crippen molar-refractivity contribution in [3.8, 4) is 0 Å². The summed E-state index contributed by atoms with van der Waals surface area (Å²) in [6.07, 6.45) is 0. The van der Waals surface area contributed by atoms with Crippen molar-refractivity contribution in [2.45, 2.75) is 26.9 Å². The predicted molar refractivity (Wildman–Crippen MR) is 86.8 cm³/mol. The number of rotatable bonds is 5. The molecule has 7 heteroatoms. The summed E-state index contributed by atoms with van der Waals surface area (Å²) in [6, 6.07) is 7.79. The van der Waals surface area contributed by atoms with Crippen molar-refractivity contribution in [3.63, 3.8) is 0 Å². The number of nitrogens with one attached hydrogen (secondary N) is 1. The molecule has 0 saturated carbocycles. The highest BCUT2D eigenvalue weighted by Crippen LogP contribution is 2.12. The SMILES string of the molecule is CCNC(=NCc1noc(C)n1)N(C)Cc1cccc(Cl)c1. The van der Waals surface area contributed by atoms with Gasteiger partial charge < -0.3 is 14.7 Å². The summed E-state index contributed by atoms with van der Waals surface area (Å²) < 4.78 is 4.95. The lowest BCUT2D eigenvalue weighted by Gasteiger charge is -2.22. The lowest BCUT2D eigenvalue weighted by atomic mass is 10.2. The number of aryl methyl sites for hydroxylation is 1. The largest absolute Gasteiger partial charge is 0.357 e. The third-order valence-electron chi connectivity index (χ3n) is 2.95. The minimum atomic E-state index is 0.375. The molecule has 2 aromatic rings. The molecule has 0 amide bonds. The first kappa shape index (κ1) is 16.3. The van der Waals surface area contributed by atoms with Crippen LogP contribution >= 0.6 is 11.6 Å². The maximum atomic E-state index is 6.02. The van der Waals surface area contributed by atoms with Crippen molar-refractivity contribution >= 4 is 17.6 Å². The molecule has 0 radical (unpaired) electrons. The van der Waals surface area contributed by atoms with Gasteiger partial charge in [0.15, 0.2) is 11.8 Å². The lowest BCUT2D eigenvalue weighted by molar-refractivity contribution is 0.387. The average molecular weight is 322 g/mol. The molecule has 0 unspecified atom stereocenters. The number of hydrogen-bond acceptors (Lipinski definition) is 4. The van der Waals surface area contributed by atoms with E-state index in [1.165, 1.54) is 0 Å². The van der Waals surface area contributed by atoms with Crippen molar-refractivity contribution in [1.82, 2.24) is 20.4 Å². The minimum absolute atomic E-state index is 0.375. The molecule has 118 valence electrons. The van der Waals surface area contributed by atoms with E-state index in [1.807, 2.05) is 43.1 Å². The fourth-order valence-corrected chi connectivity index (χ4v) is 2.22. The Morgan fingerprint density at radius 3 is 2.91 bits per heavy atom. The van der Waals surface area contributed by atoms with Gasteiger partial charge in [-0.05, 0) is 24.6 Å². The Kier molecular flexibility index (Phi) is 5.77. The summed E-state index contributed by atoms with van der Waals surface area (Å²) in [6.45, 7) is 5.65. The van der Waals surface area contributed by atoms with E-state index in [0.717, 1.165) is 23.1 Å². The number of aromatic nitrogens is 2. The van der Waals surface area contributed by atoms with E-state index in [0.29, 0.717) is 24.8 Å². The van der Waals surface area contributed by atoms with Crippen LogP contribution in [-0.4, -0.2) is 34.6 Å². The molecule has 1 aromatic carbocycles. The summed E-state index contributed by atoms with van der Waals surface area (Å²) in [5.41, 5.74) is 1.12. The van der Waals surface area contributed by atoms with E-state index < -0.39 is 0 Å². The summed E-state index contributed by atoms with van der Waals surface area (Å²) in [7, 11) is 1.98. The summed E-state index contributed by atoms with van der Waals surface area (Å²) in [4.78, 5) is 10.7. The average Bonchev–Trinajstić information content (AvgIpc) is 2.89. The van der Waals surface area contributed by atoms with Gasteiger partial charge in [-0.25, -0.2) is 4.99 Å². The van der Waals surface area contributed by atoms with E-state index in [4.69, 9.17) is 16.1 Å². The van der Waals surface area contributed by atoms with E-state index >= 15 is 0 Å². The van der Waals surface area contributed by atoms with E-state index in [-0.39, 0.29) is 0 Å². The first-order valence-electron chi connectivity index (χ1n) is 7.11. The van der Waals surface area contributed by atoms with Crippen molar-refractivity contribution in [1.29, 1.82) is 0 Å². The number of guanidine groups is 1. The molecule has 1 aromatic heterocycles. The van der Waals surface area contributed by atoms with Crippen LogP contribution in [0.5, 0.6) is 0 Å². The van der Waals surface area contributed by atoms with Gasteiger partial charge in [0.25, 0.3) is 0 Å². The molecule has 22 heavy (non-hydrogen) atoms.